The largest absolute Gasteiger partial charge is 0.388 e. The van der Waals surface area contributed by atoms with Crippen molar-refractivity contribution in [3.05, 3.63) is 0 Å². The molecule has 0 aromatic rings. The van der Waals surface area contributed by atoms with Crippen LogP contribution in [0.15, 0.2) is 0 Å². The van der Waals surface area contributed by atoms with Gasteiger partial charge in [0.15, 0.2) is 0 Å². The Bertz CT molecular complexity index is 339. The molecule has 0 unspecified atom stereocenters. The van der Waals surface area contributed by atoms with Gasteiger partial charge in [0.25, 0.3) is 0 Å². The SMILES string of the molecule is CC(C)(C)C1CCC(C(=O)NC(C)(C)C(C)(C)O)CC1. The van der Waals surface area contributed by atoms with E-state index in [2.05, 4.69) is 26.1 Å². The standard InChI is InChI=1S/C17H33NO2/c1-15(2,3)13-10-8-12(9-11-13)14(19)18-16(4,5)17(6,7)20/h12-13,20H,8-11H2,1-7H3,(H,18,19). The van der Waals surface area contributed by atoms with Crippen molar-refractivity contribution in [3.8, 4) is 0 Å². The number of amides is 1. The van der Waals surface area contributed by atoms with Crippen LogP contribution >= 0.6 is 0 Å². The predicted molar refractivity (Wildman–Crippen MR) is 83.4 cm³/mol. The average molecular weight is 283 g/mol. The van der Waals surface area contributed by atoms with E-state index in [0.29, 0.717) is 11.3 Å². The molecule has 2 N–H and O–H groups in total. The molecule has 0 spiro atoms. The van der Waals surface area contributed by atoms with Crippen LogP contribution < -0.4 is 5.32 Å². The van der Waals surface area contributed by atoms with E-state index >= 15 is 0 Å². The smallest absolute Gasteiger partial charge is 0.223 e. The summed E-state index contributed by atoms with van der Waals surface area (Å²) in [5, 5.41) is 13.2. The first-order valence-electron chi connectivity index (χ1n) is 7.89. The number of rotatable bonds is 3. The average Bonchev–Trinajstić information content (AvgIpc) is 2.26. The molecule has 0 radical (unpaired) electrons. The highest BCUT2D eigenvalue weighted by atomic mass is 16.3. The van der Waals surface area contributed by atoms with Crippen LogP contribution in [0.3, 0.4) is 0 Å². The lowest BCUT2D eigenvalue weighted by molar-refractivity contribution is -0.131. The summed E-state index contributed by atoms with van der Waals surface area (Å²) < 4.78 is 0. The van der Waals surface area contributed by atoms with Crippen LogP contribution in [0.25, 0.3) is 0 Å². The van der Waals surface area contributed by atoms with Crippen LogP contribution in [0, 0.1) is 17.3 Å². The third-order valence-electron chi connectivity index (χ3n) is 5.29. The lowest BCUT2D eigenvalue weighted by atomic mass is 9.69. The molecule has 1 fully saturated rings. The monoisotopic (exact) mass is 283 g/mol. The van der Waals surface area contributed by atoms with Gasteiger partial charge in [-0.3, -0.25) is 4.79 Å². The highest BCUT2D eigenvalue weighted by Crippen LogP contribution is 2.40. The Hall–Kier alpha value is -0.570. The number of nitrogens with one attached hydrogen (secondary N) is 1. The molecule has 118 valence electrons. The molecular formula is C17H33NO2. The lowest BCUT2D eigenvalue weighted by Crippen LogP contribution is -2.59. The van der Waals surface area contributed by atoms with Crippen molar-refractivity contribution < 1.29 is 9.90 Å². The Morgan fingerprint density at radius 3 is 1.75 bits per heavy atom. The molecule has 0 saturated heterocycles. The first kappa shape index (κ1) is 17.5. The van der Waals surface area contributed by atoms with E-state index in [0.717, 1.165) is 25.7 Å². The molecule has 0 aromatic carbocycles. The Kier molecular flexibility index (Phi) is 4.95. The topological polar surface area (TPSA) is 49.3 Å². The van der Waals surface area contributed by atoms with E-state index < -0.39 is 11.1 Å². The zero-order chi connectivity index (χ0) is 15.8. The van der Waals surface area contributed by atoms with Crippen molar-refractivity contribution in [2.24, 2.45) is 17.3 Å². The normalized spacial score (nSPS) is 25.4. The fraction of sp³-hybridized carbons (Fsp3) is 0.941. The van der Waals surface area contributed by atoms with E-state index in [4.69, 9.17) is 0 Å². The van der Waals surface area contributed by atoms with Crippen molar-refractivity contribution >= 4 is 5.91 Å². The Balaban J connectivity index is 2.56. The van der Waals surface area contributed by atoms with Gasteiger partial charge >= 0.3 is 0 Å². The Labute approximate surface area is 124 Å². The molecule has 1 aliphatic rings. The molecule has 1 saturated carbocycles. The summed E-state index contributed by atoms with van der Waals surface area (Å²) in [6.45, 7) is 14.1. The molecule has 20 heavy (non-hydrogen) atoms. The highest BCUT2D eigenvalue weighted by Gasteiger charge is 2.39. The fourth-order valence-corrected chi connectivity index (χ4v) is 2.78. The number of aliphatic hydroxyl groups is 1. The summed E-state index contributed by atoms with van der Waals surface area (Å²) >= 11 is 0. The summed E-state index contributed by atoms with van der Waals surface area (Å²) in [7, 11) is 0. The van der Waals surface area contributed by atoms with Gasteiger partial charge in [0.2, 0.25) is 5.91 Å². The first-order valence-corrected chi connectivity index (χ1v) is 7.89. The summed E-state index contributed by atoms with van der Waals surface area (Å²) in [5.41, 5.74) is -1.19. The molecule has 0 bridgehead atoms. The predicted octanol–water partition coefficient (Wildman–Crippen LogP) is 3.50. The van der Waals surface area contributed by atoms with Crippen LogP contribution in [0.1, 0.15) is 74.1 Å². The van der Waals surface area contributed by atoms with Gasteiger partial charge in [0.05, 0.1) is 11.1 Å². The lowest BCUT2D eigenvalue weighted by Gasteiger charge is -2.41. The molecular weight excluding hydrogens is 250 g/mol. The van der Waals surface area contributed by atoms with Crippen LogP contribution in [0.2, 0.25) is 0 Å². The summed E-state index contributed by atoms with van der Waals surface area (Å²) in [4.78, 5) is 12.4. The molecule has 3 nitrogen and oxygen atoms in total. The zero-order valence-corrected chi connectivity index (χ0v) is 14.3. The second kappa shape index (κ2) is 5.67. The summed E-state index contributed by atoms with van der Waals surface area (Å²) in [5.74, 6) is 0.925. The van der Waals surface area contributed by atoms with Crippen LogP contribution in [0.5, 0.6) is 0 Å². The van der Waals surface area contributed by atoms with E-state index in [1.807, 2.05) is 13.8 Å². The third-order valence-corrected chi connectivity index (χ3v) is 5.29. The van der Waals surface area contributed by atoms with E-state index in [-0.39, 0.29) is 11.8 Å². The quantitative estimate of drug-likeness (QED) is 0.833. The van der Waals surface area contributed by atoms with E-state index in [9.17, 15) is 9.90 Å². The van der Waals surface area contributed by atoms with Gasteiger partial charge in [-0.1, -0.05) is 20.8 Å². The number of carbonyl (C=O) groups excluding carboxylic acids is 1. The maximum atomic E-state index is 12.4. The van der Waals surface area contributed by atoms with Gasteiger partial charge in [0, 0.05) is 5.92 Å². The summed E-state index contributed by atoms with van der Waals surface area (Å²) in [6.07, 6.45) is 4.19. The molecule has 0 heterocycles. The second-order valence-corrected chi connectivity index (χ2v) is 8.59. The molecule has 3 heteroatoms. The van der Waals surface area contributed by atoms with Crippen LogP contribution in [0.4, 0.5) is 0 Å². The van der Waals surface area contributed by atoms with E-state index in [1.165, 1.54) is 0 Å². The van der Waals surface area contributed by atoms with Crippen molar-refractivity contribution in [2.45, 2.75) is 85.3 Å². The fourth-order valence-electron chi connectivity index (χ4n) is 2.78. The Morgan fingerprint density at radius 2 is 1.40 bits per heavy atom. The molecule has 1 aliphatic carbocycles. The second-order valence-electron chi connectivity index (χ2n) is 8.59. The van der Waals surface area contributed by atoms with Gasteiger partial charge in [-0.15, -0.1) is 0 Å². The van der Waals surface area contributed by atoms with Gasteiger partial charge in [0.1, 0.15) is 0 Å². The third kappa shape index (κ3) is 4.21. The van der Waals surface area contributed by atoms with Crippen molar-refractivity contribution in [1.82, 2.24) is 5.32 Å². The molecule has 0 aromatic heterocycles. The van der Waals surface area contributed by atoms with Crippen LogP contribution in [-0.4, -0.2) is 22.2 Å². The Morgan fingerprint density at radius 1 is 0.950 bits per heavy atom. The van der Waals surface area contributed by atoms with Gasteiger partial charge in [-0.25, -0.2) is 0 Å². The maximum absolute atomic E-state index is 12.4. The minimum Gasteiger partial charge on any atom is -0.388 e. The van der Waals surface area contributed by atoms with Gasteiger partial charge in [-0.2, -0.15) is 0 Å². The highest BCUT2D eigenvalue weighted by molar-refractivity contribution is 5.79. The minimum absolute atomic E-state index is 0.101. The van der Waals surface area contributed by atoms with Crippen molar-refractivity contribution in [3.63, 3.8) is 0 Å². The first-order chi connectivity index (χ1) is 8.84. The van der Waals surface area contributed by atoms with Gasteiger partial charge in [-0.05, 0) is 64.7 Å². The molecule has 1 rings (SSSR count). The van der Waals surface area contributed by atoms with Crippen molar-refractivity contribution in [1.29, 1.82) is 0 Å². The molecule has 1 amide bonds. The minimum atomic E-state index is -0.925. The number of carbonyl (C=O) groups is 1. The molecule has 0 aliphatic heterocycles. The van der Waals surface area contributed by atoms with Crippen LogP contribution in [-0.2, 0) is 4.79 Å². The van der Waals surface area contributed by atoms with Gasteiger partial charge < -0.3 is 10.4 Å². The number of hydrogen-bond donors (Lipinski definition) is 2. The maximum Gasteiger partial charge on any atom is 0.223 e. The zero-order valence-electron chi connectivity index (χ0n) is 14.3. The molecule has 0 atom stereocenters. The van der Waals surface area contributed by atoms with E-state index in [1.54, 1.807) is 13.8 Å². The summed E-state index contributed by atoms with van der Waals surface area (Å²) in [6, 6.07) is 0. The number of hydrogen-bond acceptors (Lipinski definition) is 2. The van der Waals surface area contributed by atoms with Crippen molar-refractivity contribution in [2.75, 3.05) is 0 Å².